The Labute approximate surface area is 240 Å². The topological polar surface area (TPSA) is 259 Å². The summed E-state index contributed by atoms with van der Waals surface area (Å²) >= 11 is 0. The summed E-state index contributed by atoms with van der Waals surface area (Å²) in [5.41, 5.74) is -7.57. The van der Waals surface area contributed by atoms with Gasteiger partial charge in [0.05, 0.1) is 35.5 Å². The van der Waals surface area contributed by atoms with Gasteiger partial charge in [0.25, 0.3) is 34.1 Å². The minimum absolute atomic E-state index is 0.121. The Kier molecular flexibility index (Phi) is 8.19. The molecule has 0 atom stereocenters. The SMILES string of the molecule is Cc1cc(C(c2cc(C)c([N+](=O)[O-])c(C)c2[N+](=O)[O-])c2cc(C)c([N+](=O)[O-])c(C)c2[N+](=O)[O-])c([N+](=O)[O-])c(C)c1[N+](=O)[O-]. The van der Waals surface area contributed by atoms with E-state index in [9.17, 15) is 60.7 Å². The molecule has 0 saturated heterocycles. The van der Waals surface area contributed by atoms with Crippen LogP contribution in [0.2, 0.25) is 0 Å². The van der Waals surface area contributed by atoms with Crippen molar-refractivity contribution in [2.24, 2.45) is 0 Å². The molecule has 224 valence electrons. The molecule has 3 aromatic rings. The summed E-state index contributed by atoms with van der Waals surface area (Å²) in [7, 11) is 0. The molecule has 18 heteroatoms. The fourth-order valence-electron chi connectivity index (χ4n) is 5.72. The zero-order chi connectivity index (χ0) is 32.8. The zero-order valence-electron chi connectivity index (χ0n) is 23.4. The third kappa shape index (κ3) is 5.16. The minimum atomic E-state index is -1.81. The highest BCUT2D eigenvalue weighted by Crippen LogP contribution is 2.51. The summed E-state index contributed by atoms with van der Waals surface area (Å²) in [5.74, 6) is -1.81. The van der Waals surface area contributed by atoms with Crippen molar-refractivity contribution in [3.63, 3.8) is 0 Å². The Morgan fingerprint density at radius 1 is 0.395 bits per heavy atom. The predicted octanol–water partition coefficient (Wildman–Crippen LogP) is 6.17. The second kappa shape index (κ2) is 11.1. The molecule has 0 heterocycles. The smallest absolute Gasteiger partial charge is 0.258 e. The summed E-state index contributed by atoms with van der Waals surface area (Å²) in [6, 6.07) is 3.00. The molecule has 0 amide bonds. The highest BCUT2D eigenvalue weighted by molar-refractivity contribution is 5.73. The minimum Gasteiger partial charge on any atom is -0.258 e. The molecule has 0 aliphatic heterocycles. The summed E-state index contributed by atoms with van der Waals surface area (Å²) in [4.78, 5) is 67.1. The normalized spacial score (nSPS) is 11.0. The molecule has 3 aromatic carbocycles. The van der Waals surface area contributed by atoms with Gasteiger partial charge in [-0.1, -0.05) is 0 Å². The van der Waals surface area contributed by atoms with Crippen LogP contribution in [0.3, 0.4) is 0 Å². The van der Waals surface area contributed by atoms with Crippen LogP contribution < -0.4 is 0 Å². The van der Waals surface area contributed by atoms with E-state index in [0.29, 0.717) is 0 Å². The number of hydrogen-bond acceptors (Lipinski definition) is 12. The van der Waals surface area contributed by atoms with E-state index in [2.05, 4.69) is 0 Å². The van der Waals surface area contributed by atoms with E-state index >= 15 is 0 Å². The van der Waals surface area contributed by atoms with Gasteiger partial charge in [0.15, 0.2) is 0 Å². The molecule has 0 aromatic heterocycles. The Balaban J connectivity index is 2.79. The Bertz CT molecular complexity index is 1610. The van der Waals surface area contributed by atoms with E-state index < -0.39 is 103 Å². The van der Waals surface area contributed by atoms with Gasteiger partial charge in [-0.15, -0.1) is 0 Å². The van der Waals surface area contributed by atoms with E-state index in [4.69, 9.17) is 0 Å². The molecular weight excluding hydrogens is 576 g/mol. The van der Waals surface area contributed by atoms with Crippen LogP contribution in [0.25, 0.3) is 0 Å². The molecule has 18 nitrogen and oxygen atoms in total. The Hall–Kier alpha value is -5.94. The highest BCUT2D eigenvalue weighted by Gasteiger charge is 2.42. The van der Waals surface area contributed by atoms with Crippen molar-refractivity contribution in [3.05, 3.63) is 129 Å². The van der Waals surface area contributed by atoms with Crippen LogP contribution >= 0.6 is 0 Å². The fraction of sp³-hybridized carbons (Fsp3) is 0.280. The summed E-state index contributed by atoms with van der Waals surface area (Å²) in [6.45, 7) is 6.96. The van der Waals surface area contributed by atoms with Gasteiger partial charge in [-0.05, 0) is 59.7 Å². The third-order valence-corrected chi connectivity index (χ3v) is 7.22. The van der Waals surface area contributed by atoms with Crippen molar-refractivity contribution in [1.29, 1.82) is 0 Å². The van der Waals surface area contributed by atoms with Gasteiger partial charge in [0.2, 0.25) is 0 Å². The van der Waals surface area contributed by atoms with Crippen molar-refractivity contribution < 1.29 is 29.5 Å². The first-order valence-electron chi connectivity index (χ1n) is 12.1. The first-order valence-corrected chi connectivity index (χ1v) is 12.1. The average Bonchev–Trinajstić information content (AvgIpc) is 2.81. The van der Waals surface area contributed by atoms with Gasteiger partial charge in [-0.2, -0.15) is 0 Å². The lowest BCUT2D eigenvalue weighted by atomic mass is 9.78. The molecule has 0 fully saturated rings. The zero-order valence-corrected chi connectivity index (χ0v) is 23.4. The van der Waals surface area contributed by atoms with Gasteiger partial charge >= 0.3 is 0 Å². The maximum atomic E-state index is 12.4. The van der Waals surface area contributed by atoms with Crippen LogP contribution in [0.5, 0.6) is 0 Å². The molecule has 0 unspecified atom stereocenters. The number of nitro groups is 6. The van der Waals surface area contributed by atoms with Crippen LogP contribution in [-0.2, 0) is 0 Å². The lowest BCUT2D eigenvalue weighted by Gasteiger charge is -2.22. The molecule has 0 bridgehead atoms. The molecule has 3 rings (SSSR count). The predicted molar refractivity (Wildman–Crippen MR) is 149 cm³/mol. The molecule has 0 spiro atoms. The Morgan fingerprint density at radius 2 is 0.581 bits per heavy atom. The molecule has 0 saturated carbocycles. The Morgan fingerprint density at radius 3 is 0.744 bits per heavy atom. The molecule has 43 heavy (non-hydrogen) atoms. The number of nitro benzene ring substituents is 6. The number of aryl methyl sites for hydroxylation is 3. The van der Waals surface area contributed by atoms with Crippen molar-refractivity contribution in [2.45, 2.75) is 47.5 Å². The quantitative estimate of drug-likeness (QED) is 0.152. The largest absolute Gasteiger partial charge is 0.283 e. The van der Waals surface area contributed by atoms with E-state index in [-0.39, 0.29) is 16.7 Å². The molecule has 0 aliphatic rings. The van der Waals surface area contributed by atoms with Crippen LogP contribution in [0.15, 0.2) is 18.2 Å². The van der Waals surface area contributed by atoms with Crippen LogP contribution in [0, 0.1) is 102 Å². The lowest BCUT2D eigenvalue weighted by molar-refractivity contribution is -0.397. The first-order chi connectivity index (χ1) is 19.8. The van der Waals surface area contributed by atoms with Crippen LogP contribution in [0.1, 0.15) is 56.0 Å². The fourth-order valence-corrected chi connectivity index (χ4v) is 5.72. The van der Waals surface area contributed by atoms with Crippen molar-refractivity contribution in [2.75, 3.05) is 0 Å². The lowest BCUT2D eigenvalue weighted by Crippen LogP contribution is -2.16. The number of nitrogens with zero attached hydrogens (tertiary/aromatic N) is 6. The van der Waals surface area contributed by atoms with Gasteiger partial charge in [-0.25, -0.2) is 0 Å². The highest BCUT2D eigenvalue weighted by atomic mass is 16.6. The van der Waals surface area contributed by atoms with Crippen molar-refractivity contribution >= 4 is 34.1 Å². The molecule has 0 radical (unpaired) electrons. The molecular formula is C25H22N6O12. The first kappa shape index (κ1) is 31.6. The maximum Gasteiger partial charge on any atom is 0.283 e. The van der Waals surface area contributed by atoms with Crippen molar-refractivity contribution in [3.8, 4) is 0 Å². The number of benzene rings is 3. The van der Waals surface area contributed by atoms with Gasteiger partial charge < -0.3 is 0 Å². The summed E-state index contributed by atoms with van der Waals surface area (Å²) < 4.78 is 0. The van der Waals surface area contributed by atoms with Crippen LogP contribution in [-0.4, -0.2) is 29.5 Å². The van der Waals surface area contributed by atoms with E-state index in [0.717, 1.165) is 39.0 Å². The van der Waals surface area contributed by atoms with Gasteiger partial charge in [0.1, 0.15) is 16.7 Å². The van der Waals surface area contributed by atoms with Crippen LogP contribution in [0.4, 0.5) is 34.1 Å². The van der Waals surface area contributed by atoms with E-state index in [1.165, 1.54) is 20.8 Å². The summed E-state index contributed by atoms with van der Waals surface area (Å²) in [5, 5.41) is 72.6. The van der Waals surface area contributed by atoms with Gasteiger partial charge in [0, 0.05) is 33.4 Å². The standard InChI is InChI=1S/C25H22N6O12/c1-10-7-16(23(29(38)39)13(4)20(10)26(32)33)19(17-8-11(2)21(27(34)35)14(5)24(17)30(40)41)18-9-12(3)22(28(36)37)15(6)25(18)31(42)43/h7-9,19H,1-6H3. The third-order valence-electron chi connectivity index (χ3n) is 7.22. The monoisotopic (exact) mass is 598 g/mol. The number of hydrogen-bond donors (Lipinski definition) is 0. The molecule has 0 aliphatic carbocycles. The second-order valence-electron chi connectivity index (χ2n) is 9.79. The summed E-state index contributed by atoms with van der Waals surface area (Å²) in [6.07, 6.45) is 0. The molecule has 0 N–H and O–H groups in total. The van der Waals surface area contributed by atoms with Gasteiger partial charge in [-0.3, -0.25) is 60.7 Å². The maximum absolute atomic E-state index is 12.4. The van der Waals surface area contributed by atoms with E-state index in [1.54, 1.807) is 0 Å². The average molecular weight is 598 g/mol. The van der Waals surface area contributed by atoms with E-state index in [1.807, 2.05) is 0 Å². The van der Waals surface area contributed by atoms with Crippen molar-refractivity contribution in [1.82, 2.24) is 0 Å². The number of rotatable bonds is 9. The second-order valence-corrected chi connectivity index (χ2v) is 9.79.